The number of nitrogens with one attached hydrogen (secondary N) is 1. The summed E-state index contributed by atoms with van der Waals surface area (Å²) in [4.78, 5) is 15.9. The molecule has 0 spiro atoms. The van der Waals surface area contributed by atoms with Crippen LogP contribution in [-0.2, 0) is 9.84 Å². The second-order valence-electron chi connectivity index (χ2n) is 7.54. The molecule has 1 aliphatic heterocycles. The topological polar surface area (TPSA) is 88.1 Å². The number of anilines is 1. The maximum absolute atomic E-state index is 11.4. The van der Waals surface area contributed by atoms with Gasteiger partial charge in [0.15, 0.2) is 5.82 Å². The van der Waals surface area contributed by atoms with E-state index in [1.54, 1.807) is 12.4 Å². The monoisotopic (exact) mass is 411 g/mol. The van der Waals surface area contributed by atoms with Crippen molar-refractivity contribution in [2.75, 3.05) is 37.0 Å². The first kappa shape index (κ1) is 19.7. The molecule has 7 nitrogen and oxygen atoms in total. The number of benzene rings is 1. The van der Waals surface area contributed by atoms with E-state index in [1.807, 2.05) is 36.4 Å². The summed E-state index contributed by atoms with van der Waals surface area (Å²) in [5, 5.41) is 4.61. The zero-order valence-electron chi connectivity index (χ0n) is 16.5. The molecule has 0 saturated carbocycles. The van der Waals surface area contributed by atoms with Gasteiger partial charge in [0.1, 0.15) is 15.7 Å². The fourth-order valence-electron chi connectivity index (χ4n) is 3.60. The van der Waals surface area contributed by atoms with Gasteiger partial charge in [-0.25, -0.2) is 18.4 Å². The predicted octanol–water partition coefficient (Wildman–Crippen LogP) is 2.61. The summed E-state index contributed by atoms with van der Waals surface area (Å²) >= 11 is 0. The van der Waals surface area contributed by atoms with Gasteiger partial charge in [0.2, 0.25) is 0 Å². The molecule has 2 aromatic heterocycles. The van der Waals surface area contributed by atoms with Gasteiger partial charge in [-0.1, -0.05) is 12.1 Å². The molecule has 0 aliphatic carbocycles. The Bertz CT molecular complexity index is 1080. The third-order valence-electron chi connectivity index (χ3n) is 5.23. The number of hydrogen-bond acceptors (Lipinski definition) is 7. The standard InChI is InChI=1S/C21H25N5O2S/c1-29(27,28)14-13-26-11-8-17(9-12-26)23-21-18-6-2-3-7-19(18)24-20(25-21)16-5-4-10-22-15-16/h2-7,10,15,17H,8-9,11-14H2,1H3,(H,23,24,25). The number of hydrogen-bond donors (Lipinski definition) is 1. The second kappa shape index (κ2) is 8.42. The highest BCUT2D eigenvalue weighted by molar-refractivity contribution is 7.90. The van der Waals surface area contributed by atoms with Crippen LogP contribution >= 0.6 is 0 Å². The van der Waals surface area contributed by atoms with Crippen LogP contribution in [0.25, 0.3) is 22.3 Å². The summed E-state index contributed by atoms with van der Waals surface area (Å²) in [6, 6.07) is 12.1. The molecule has 0 bridgehead atoms. The molecular weight excluding hydrogens is 386 g/mol. The molecule has 1 aromatic carbocycles. The van der Waals surface area contributed by atoms with Gasteiger partial charge >= 0.3 is 0 Å². The van der Waals surface area contributed by atoms with Gasteiger partial charge in [0.25, 0.3) is 0 Å². The zero-order valence-corrected chi connectivity index (χ0v) is 17.3. The summed E-state index contributed by atoms with van der Waals surface area (Å²) in [5.74, 6) is 1.71. The van der Waals surface area contributed by atoms with Crippen molar-refractivity contribution in [1.29, 1.82) is 0 Å². The van der Waals surface area contributed by atoms with Crippen LogP contribution in [0.3, 0.4) is 0 Å². The van der Waals surface area contributed by atoms with Crippen molar-refractivity contribution in [3.05, 3.63) is 48.8 Å². The fourth-order valence-corrected chi connectivity index (χ4v) is 4.19. The fraction of sp³-hybridized carbons (Fsp3) is 0.381. The number of likely N-dealkylation sites (tertiary alicyclic amines) is 1. The third-order valence-corrected chi connectivity index (χ3v) is 6.15. The SMILES string of the molecule is CS(=O)(=O)CCN1CCC(Nc2nc(-c3cccnc3)nc3ccccc23)CC1. The van der Waals surface area contributed by atoms with Gasteiger partial charge in [-0.05, 0) is 37.1 Å². The minimum atomic E-state index is -2.92. The Balaban J connectivity index is 1.51. The molecule has 4 rings (SSSR count). The first-order valence-corrected chi connectivity index (χ1v) is 11.9. The van der Waals surface area contributed by atoms with Crippen molar-refractivity contribution >= 4 is 26.6 Å². The molecule has 8 heteroatoms. The van der Waals surface area contributed by atoms with Crippen LogP contribution in [0.15, 0.2) is 48.8 Å². The van der Waals surface area contributed by atoms with Crippen LogP contribution in [0.1, 0.15) is 12.8 Å². The first-order valence-electron chi connectivity index (χ1n) is 9.82. The lowest BCUT2D eigenvalue weighted by Crippen LogP contribution is -2.41. The summed E-state index contributed by atoms with van der Waals surface area (Å²) in [6.45, 7) is 2.37. The van der Waals surface area contributed by atoms with Gasteiger partial charge in [-0.15, -0.1) is 0 Å². The maximum Gasteiger partial charge on any atom is 0.163 e. The average Bonchev–Trinajstić information content (AvgIpc) is 2.73. The molecule has 0 atom stereocenters. The second-order valence-corrected chi connectivity index (χ2v) is 9.80. The Morgan fingerprint density at radius 2 is 1.90 bits per heavy atom. The summed E-state index contributed by atoms with van der Waals surface area (Å²) in [7, 11) is -2.92. The van der Waals surface area contributed by atoms with E-state index in [9.17, 15) is 8.42 Å². The third kappa shape index (κ3) is 5.07. The minimum Gasteiger partial charge on any atom is -0.367 e. The number of aromatic nitrogens is 3. The lowest BCUT2D eigenvalue weighted by Gasteiger charge is -2.32. The number of para-hydroxylation sites is 1. The Morgan fingerprint density at radius 3 is 2.62 bits per heavy atom. The van der Waals surface area contributed by atoms with Crippen LogP contribution in [0.5, 0.6) is 0 Å². The van der Waals surface area contributed by atoms with E-state index in [-0.39, 0.29) is 5.75 Å². The number of nitrogens with zero attached hydrogens (tertiary/aromatic N) is 4. The number of piperidine rings is 1. The average molecular weight is 412 g/mol. The molecule has 1 aliphatic rings. The normalized spacial score (nSPS) is 16.2. The largest absolute Gasteiger partial charge is 0.367 e. The summed E-state index contributed by atoms with van der Waals surface area (Å²) < 4.78 is 22.8. The predicted molar refractivity (Wildman–Crippen MR) is 116 cm³/mol. The van der Waals surface area contributed by atoms with E-state index >= 15 is 0 Å². The van der Waals surface area contributed by atoms with Crippen LogP contribution in [0.4, 0.5) is 5.82 Å². The summed E-state index contributed by atoms with van der Waals surface area (Å²) in [5.41, 5.74) is 1.78. The molecule has 0 amide bonds. The van der Waals surface area contributed by atoms with Crippen molar-refractivity contribution in [3.8, 4) is 11.4 Å². The highest BCUT2D eigenvalue weighted by Gasteiger charge is 2.21. The van der Waals surface area contributed by atoms with Crippen molar-refractivity contribution in [1.82, 2.24) is 19.9 Å². The van der Waals surface area contributed by atoms with Gasteiger partial charge in [0.05, 0.1) is 11.3 Å². The zero-order chi connectivity index (χ0) is 20.3. The molecule has 152 valence electrons. The Kier molecular flexibility index (Phi) is 5.73. The summed E-state index contributed by atoms with van der Waals surface area (Å²) in [6.07, 6.45) is 6.70. The molecule has 3 aromatic rings. The van der Waals surface area contributed by atoms with E-state index in [2.05, 4.69) is 15.2 Å². The van der Waals surface area contributed by atoms with E-state index in [1.165, 1.54) is 6.26 Å². The highest BCUT2D eigenvalue weighted by Crippen LogP contribution is 2.26. The molecule has 0 radical (unpaired) electrons. The van der Waals surface area contributed by atoms with Gasteiger partial charge in [-0.2, -0.15) is 0 Å². The molecular formula is C21H25N5O2S. The number of rotatable bonds is 6. The smallest absolute Gasteiger partial charge is 0.163 e. The van der Waals surface area contributed by atoms with E-state index in [0.29, 0.717) is 18.4 Å². The lowest BCUT2D eigenvalue weighted by molar-refractivity contribution is 0.230. The van der Waals surface area contributed by atoms with Crippen LogP contribution < -0.4 is 5.32 Å². The van der Waals surface area contributed by atoms with E-state index in [4.69, 9.17) is 9.97 Å². The number of pyridine rings is 1. The molecule has 3 heterocycles. The van der Waals surface area contributed by atoms with Crippen molar-refractivity contribution in [2.24, 2.45) is 0 Å². The first-order chi connectivity index (χ1) is 14.0. The molecule has 1 fully saturated rings. The van der Waals surface area contributed by atoms with Crippen LogP contribution in [-0.4, -0.2) is 66.0 Å². The van der Waals surface area contributed by atoms with Crippen molar-refractivity contribution < 1.29 is 8.42 Å². The van der Waals surface area contributed by atoms with Gasteiger partial charge in [0, 0.05) is 55.3 Å². The Hall–Kier alpha value is -2.58. The van der Waals surface area contributed by atoms with Gasteiger partial charge in [-0.3, -0.25) is 4.98 Å². The molecule has 1 saturated heterocycles. The minimum absolute atomic E-state index is 0.218. The number of sulfone groups is 1. The van der Waals surface area contributed by atoms with Crippen LogP contribution in [0, 0.1) is 0 Å². The van der Waals surface area contributed by atoms with Crippen molar-refractivity contribution in [3.63, 3.8) is 0 Å². The maximum atomic E-state index is 11.4. The Morgan fingerprint density at radius 1 is 1.10 bits per heavy atom. The molecule has 0 unspecified atom stereocenters. The molecule has 1 N–H and O–H groups in total. The lowest BCUT2D eigenvalue weighted by atomic mass is 10.0. The highest BCUT2D eigenvalue weighted by atomic mass is 32.2. The van der Waals surface area contributed by atoms with E-state index < -0.39 is 9.84 Å². The number of fused-ring (bicyclic) bond motifs is 1. The Labute approximate surface area is 171 Å². The molecule has 29 heavy (non-hydrogen) atoms. The van der Waals surface area contributed by atoms with Gasteiger partial charge < -0.3 is 10.2 Å². The van der Waals surface area contributed by atoms with E-state index in [0.717, 1.165) is 48.2 Å². The van der Waals surface area contributed by atoms with Crippen LogP contribution in [0.2, 0.25) is 0 Å². The quantitative estimate of drug-likeness (QED) is 0.667. The van der Waals surface area contributed by atoms with Crippen molar-refractivity contribution in [2.45, 2.75) is 18.9 Å².